The van der Waals surface area contributed by atoms with Gasteiger partial charge in [0.15, 0.2) is 0 Å². The summed E-state index contributed by atoms with van der Waals surface area (Å²) in [7, 11) is 0. The van der Waals surface area contributed by atoms with Gasteiger partial charge in [-0.05, 0) is 31.0 Å². The highest BCUT2D eigenvalue weighted by molar-refractivity contribution is 9.09. The zero-order chi connectivity index (χ0) is 15.0. The number of ether oxygens (including phenoxy) is 1. The smallest absolute Gasteiger partial charge is 0.233 e. The van der Waals surface area contributed by atoms with Crippen LogP contribution in [0.4, 0.5) is 11.4 Å². The number of hydrogen-bond acceptors (Lipinski definition) is 3. The van der Waals surface area contributed by atoms with Gasteiger partial charge in [0.25, 0.3) is 0 Å². The Kier molecular flexibility index (Phi) is 3.99. The minimum Gasteiger partial charge on any atom is -0.378 e. The molecule has 2 N–H and O–H groups in total. The number of amides is 2. The summed E-state index contributed by atoms with van der Waals surface area (Å²) < 4.78 is 5.62. The van der Waals surface area contributed by atoms with E-state index in [1.165, 1.54) is 0 Å². The zero-order valence-electron chi connectivity index (χ0n) is 11.7. The van der Waals surface area contributed by atoms with Gasteiger partial charge >= 0.3 is 0 Å². The molecule has 0 radical (unpaired) electrons. The highest BCUT2D eigenvalue weighted by Crippen LogP contribution is 2.41. The molecule has 1 aromatic rings. The largest absolute Gasteiger partial charge is 0.378 e. The number of anilines is 2. The second-order valence-corrected chi connectivity index (χ2v) is 6.49. The van der Waals surface area contributed by atoms with Gasteiger partial charge in [-0.25, -0.2) is 0 Å². The number of nitrogens with one attached hydrogen (secondary N) is 2. The molecule has 0 aliphatic carbocycles. The lowest BCUT2D eigenvalue weighted by Gasteiger charge is -2.22. The average molecular weight is 353 g/mol. The van der Waals surface area contributed by atoms with Gasteiger partial charge in [-0.15, -0.1) is 0 Å². The molecule has 0 aromatic heterocycles. The molecule has 2 aliphatic heterocycles. The van der Waals surface area contributed by atoms with Gasteiger partial charge < -0.3 is 15.4 Å². The number of benzene rings is 1. The van der Waals surface area contributed by atoms with Crippen LogP contribution in [0.5, 0.6) is 0 Å². The Morgan fingerprint density at radius 3 is 2.62 bits per heavy atom. The fourth-order valence-electron chi connectivity index (χ4n) is 2.86. The van der Waals surface area contributed by atoms with Crippen LogP contribution in [0.15, 0.2) is 18.2 Å². The minimum absolute atomic E-state index is 0.144. The lowest BCUT2D eigenvalue weighted by molar-refractivity contribution is -0.123. The Bertz CT molecular complexity index is 590. The number of rotatable bonds is 2. The highest BCUT2D eigenvalue weighted by atomic mass is 79.9. The summed E-state index contributed by atoms with van der Waals surface area (Å²) in [4.78, 5) is 23.3. The first-order chi connectivity index (χ1) is 10.0. The van der Waals surface area contributed by atoms with Crippen molar-refractivity contribution in [2.45, 2.75) is 30.7 Å². The summed E-state index contributed by atoms with van der Waals surface area (Å²) in [6.45, 7) is 2.86. The first-order valence-corrected chi connectivity index (χ1v) is 7.95. The second-order valence-electron chi connectivity index (χ2n) is 5.51. The van der Waals surface area contributed by atoms with Crippen molar-refractivity contribution in [3.8, 4) is 0 Å². The summed E-state index contributed by atoms with van der Waals surface area (Å²) in [5.41, 5.74) is 2.37. The maximum absolute atomic E-state index is 11.6. The van der Waals surface area contributed by atoms with Gasteiger partial charge in [0.05, 0.1) is 17.5 Å². The van der Waals surface area contributed by atoms with E-state index in [-0.39, 0.29) is 29.2 Å². The van der Waals surface area contributed by atoms with E-state index in [1.54, 1.807) is 0 Å². The molecule has 112 valence electrons. The zero-order valence-corrected chi connectivity index (χ0v) is 13.3. The second kappa shape index (κ2) is 5.77. The molecule has 2 heterocycles. The summed E-state index contributed by atoms with van der Waals surface area (Å²) in [5, 5.41) is 5.51. The van der Waals surface area contributed by atoms with Crippen molar-refractivity contribution in [2.75, 3.05) is 17.2 Å². The standard InChI is InChI=1S/C15H17BrN2O3/c1-8-10(4-5-21-8)15(16)9-2-3-11-12(6-9)18-14(20)7-13(19)17-11/h2-3,6,8,10,15H,4-5,7H2,1H3,(H,17,19)(H,18,20). The molecule has 5 nitrogen and oxygen atoms in total. The number of fused-ring (bicyclic) bond motifs is 1. The maximum atomic E-state index is 11.6. The lowest BCUT2D eigenvalue weighted by atomic mass is 9.93. The van der Waals surface area contributed by atoms with E-state index in [2.05, 4.69) is 33.5 Å². The third kappa shape index (κ3) is 2.96. The van der Waals surface area contributed by atoms with Gasteiger partial charge in [-0.1, -0.05) is 22.0 Å². The fourth-order valence-corrected chi connectivity index (χ4v) is 3.84. The maximum Gasteiger partial charge on any atom is 0.233 e. The highest BCUT2D eigenvalue weighted by Gasteiger charge is 2.31. The SMILES string of the molecule is CC1OCCC1C(Br)c1ccc2c(c1)NC(=O)CC(=O)N2. The lowest BCUT2D eigenvalue weighted by Crippen LogP contribution is -2.16. The quantitative estimate of drug-likeness (QED) is 0.635. The Morgan fingerprint density at radius 2 is 1.95 bits per heavy atom. The fraction of sp³-hybridized carbons (Fsp3) is 0.467. The third-order valence-corrected chi connectivity index (χ3v) is 5.25. The first-order valence-electron chi connectivity index (χ1n) is 7.04. The van der Waals surface area contributed by atoms with Crippen molar-refractivity contribution in [1.82, 2.24) is 0 Å². The van der Waals surface area contributed by atoms with E-state index in [0.29, 0.717) is 17.3 Å². The topological polar surface area (TPSA) is 67.4 Å². The third-order valence-electron chi connectivity index (χ3n) is 4.04. The molecule has 6 heteroatoms. The number of hydrogen-bond donors (Lipinski definition) is 2. The van der Waals surface area contributed by atoms with Crippen LogP contribution in [0, 0.1) is 5.92 Å². The van der Waals surface area contributed by atoms with Gasteiger partial charge in [0.1, 0.15) is 6.42 Å². The number of carbonyl (C=O) groups is 2. The van der Waals surface area contributed by atoms with E-state index in [4.69, 9.17) is 4.74 Å². The number of halogens is 1. The van der Waals surface area contributed by atoms with Crippen LogP contribution in [0.3, 0.4) is 0 Å². The molecular formula is C15H17BrN2O3. The molecule has 3 rings (SSSR count). The Morgan fingerprint density at radius 1 is 1.24 bits per heavy atom. The molecule has 2 aliphatic rings. The molecule has 1 saturated heterocycles. The molecule has 0 spiro atoms. The van der Waals surface area contributed by atoms with Gasteiger partial charge in [0, 0.05) is 17.4 Å². The molecule has 3 atom stereocenters. The van der Waals surface area contributed by atoms with Crippen molar-refractivity contribution in [3.63, 3.8) is 0 Å². The molecule has 21 heavy (non-hydrogen) atoms. The predicted molar refractivity (Wildman–Crippen MR) is 83.5 cm³/mol. The van der Waals surface area contributed by atoms with Crippen LogP contribution in [0.25, 0.3) is 0 Å². The van der Waals surface area contributed by atoms with Crippen LogP contribution in [-0.2, 0) is 14.3 Å². The van der Waals surface area contributed by atoms with Gasteiger partial charge in [0.2, 0.25) is 11.8 Å². The molecular weight excluding hydrogens is 336 g/mol. The van der Waals surface area contributed by atoms with E-state index in [0.717, 1.165) is 18.6 Å². The van der Waals surface area contributed by atoms with Crippen LogP contribution < -0.4 is 10.6 Å². The molecule has 1 fully saturated rings. The Balaban J connectivity index is 1.88. The van der Waals surface area contributed by atoms with Crippen LogP contribution >= 0.6 is 15.9 Å². The molecule has 3 unspecified atom stereocenters. The average Bonchev–Trinajstić information content (AvgIpc) is 2.79. The number of carbonyl (C=O) groups excluding carboxylic acids is 2. The van der Waals surface area contributed by atoms with Crippen LogP contribution in [-0.4, -0.2) is 24.5 Å². The van der Waals surface area contributed by atoms with Crippen molar-refractivity contribution in [3.05, 3.63) is 23.8 Å². The summed E-state index contributed by atoms with van der Waals surface area (Å²) in [6.07, 6.45) is 1.08. The van der Waals surface area contributed by atoms with Crippen molar-refractivity contribution < 1.29 is 14.3 Å². The van der Waals surface area contributed by atoms with E-state index in [9.17, 15) is 9.59 Å². The van der Waals surface area contributed by atoms with E-state index < -0.39 is 0 Å². The van der Waals surface area contributed by atoms with Crippen LogP contribution in [0.1, 0.15) is 30.2 Å². The Labute approximate surface area is 131 Å². The van der Waals surface area contributed by atoms with Crippen molar-refractivity contribution in [2.24, 2.45) is 5.92 Å². The summed E-state index contributed by atoms with van der Waals surface area (Å²) in [6, 6.07) is 5.73. The monoisotopic (exact) mass is 352 g/mol. The molecule has 0 bridgehead atoms. The van der Waals surface area contributed by atoms with Gasteiger partial charge in [-0.2, -0.15) is 0 Å². The first kappa shape index (κ1) is 14.5. The summed E-state index contributed by atoms with van der Waals surface area (Å²) >= 11 is 3.75. The van der Waals surface area contributed by atoms with Crippen molar-refractivity contribution >= 4 is 39.1 Å². The Hall–Kier alpha value is -1.40. The molecule has 2 amide bonds. The summed E-state index contributed by atoms with van der Waals surface area (Å²) in [5.74, 6) is -0.168. The molecule has 1 aromatic carbocycles. The van der Waals surface area contributed by atoms with Crippen LogP contribution in [0.2, 0.25) is 0 Å². The van der Waals surface area contributed by atoms with E-state index in [1.807, 2.05) is 18.2 Å². The normalized spacial score (nSPS) is 26.6. The predicted octanol–water partition coefficient (Wildman–Crippen LogP) is 2.83. The van der Waals surface area contributed by atoms with Crippen molar-refractivity contribution in [1.29, 1.82) is 0 Å². The van der Waals surface area contributed by atoms with E-state index >= 15 is 0 Å². The minimum atomic E-state index is -0.285. The van der Waals surface area contributed by atoms with Gasteiger partial charge in [-0.3, -0.25) is 9.59 Å². The number of alkyl halides is 1. The molecule has 0 saturated carbocycles.